The molecule has 0 bridgehead atoms. The maximum absolute atomic E-state index is 3.52. The highest BCUT2D eigenvalue weighted by molar-refractivity contribution is 8.00. The van der Waals surface area contributed by atoms with E-state index in [-0.39, 0.29) is 0 Å². The van der Waals surface area contributed by atoms with Gasteiger partial charge in [-0.2, -0.15) is 11.8 Å². The Morgan fingerprint density at radius 1 is 1.29 bits per heavy atom. The molecule has 17 heavy (non-hydrogen) atoms. The van der Waals surface area contributed by atoms with Gasteiger partial charge < -0.3 is 10.2 Å². The summed E-state index contributed by atoms with van der Waals surface area (Å²) in [7, 11) is 6.46. The van der Waals surface area contributed by atoms with Crippen LogP contribution in [-0.4, -0.2) is 49.6 Å². The molecular weight excluding hydrogens is 228 g/mol. The first-order valence-corrected chi connectivity index (χ1v) is 8.15. The van der Waals surface area contributed by atoms with Gasteiger partial charge in [-0.15, -0.1) is 0 Å². The van der Waals surface area contributed by atoms with Crippen molar-refractivity contribution in [2.24, 2.45) is 5.92 Å². The minimum absolute atomic E-state index is 0.746. The van der Waals surface area contributed by atoms with Crippen LogP contribution < -0.4 is 5.32 Å². The molecule has 2 nitrogen and oxygen atoms in total. The zero-order valence-electron chi connectivity index (χ0n) is 12.0. The number of nitrogens with zero attached hydrogens (tertiary/aromatic N) is 1. The van der Waals surface area contributed by atoms with Crippen LogP contribution in [0.15, 0.2) is 0 Å². The second-order valence-corrected chi connectivity index (χ2v) is 6.92. The summed E-state index contributed by atoms with van der Waals surface area (Å²) < 4.78 is 0. The average molecular weight is 258 g/mol. The maximum Gasteiger partial charge on any atom is 0.0204 e. The summed E-state index contributed by atoms with van der Waals surface area (Å²) in [6, 6.07) is 0.746. The van der Waals surface area contributed by atoms with Crippen LogP contribution in [0.3, 0.4) is 0 Å². The summed E-state index contributed by atoms with van der Waals surface area (Å²) >= 11 is 2.18. The summed E-state index contributed by atoms with van der Waals surface area (Å²) in [4.78, 5) is 2.29. The van der Waals surface area contributed by atoms with Crippen molar-refractivity contribution >= 4 is 11.8 Å². The molecule has 0 aromatic rings. The van der Waals surface area contributed by atoms with Crippen molar-refractivity contribution in [1.82, 2.24) is 10.2 Å². The lowest BCUT2D eigenvalue weighted by Gasteiger charge is -2.36. The normalized spacial score (nSPS) is 29.8. The molecule has 1 rings (SSSR count). The third kappa shape index (κ3) is 5.62. The monoisotopic (exact) mass is 258 g/mol. The molecule has 1 fully saturated rings. The Hall–Kier alpha value is 0.270. The zero-order valence-corrected chi connectivity index (χ0v) is 12.9. The Bertz CT molecular complexity index is 197. The van der Waals surface area contributed by atoms with Crippen LogP contribution in [-0.2, 0) is 0 Å². The third-order valence-corrected chi connectivity index (χ3v) is 5.21. The Labute approximate surface area is 112 Å². The highest BCUT2D eigenvalue weighted by Gasteiger charge is 2.29. The van der Waals surface area contributed by atoms with Crippen LogP contribution in [0.4, 0.5) is 0 Å². The Balaban J connectivity index is 2.34. The van der Waals surface area contributed by atoms with Gasteiger partial charge in [-0.05, 0) is 46.3 Å². The van der Waals surface area contributed by atoms with E-state index in [4.69, 9.17) is 0 Å². The molecule has 3 atom stereocenters. The number of hydrogen-bond donors (Lipinski definition) is 1. The van der Waals surface area contributed by atoms with Crippen LogP contribution in [0, 0.1) is 5.92 Å². The lowest BCUT2D eigenvalue weighted by Crippen LogP contribution is -2.41. The summed E-state index contributed by atoms with van der Waals surface area (Å²) in [5.41, 5.74) is 0. The van der Waals surface area contributed by atoms with Crippen molar-refractivity contribution in [3.8, 4) is 0 Å². The fourth-order valence-corrected chi connectivity index (χ4v) is 4.47. The molecule has 0 amide bonds. The van der Waals surface area contributed by atoms with Crippen molar-refractivity contribution in [3.05, 3.63) is 0 Å². The van der Waals surface area contributed by atoms with Crippen molar-refractivity contribution in [2.45, 2.75) is 50.3 Å². The van der Waals surface area contributed by atoms with Gasteiger partial charge in [0, 0.05) is 23.6 Å². The molecule has 1 N–H and O–H groups in total. The van der Waals surface area contributed by atoms with Crippen LogP contribution >= 0.6 is 11.8 Å². The Morgan fingerprint density at radius 3 is 2.65 bits per heavy atom. The highest BCUT2D eigenvalue weighted by Crippen LogP contribution is 2.34. The standard InChI is InChI=1S/C14H30N2S/c1-5-6-12-7-8-13(15-2)14(11-12)17-10-9-16(3)4/h12-15H,5-11H2,1-4H3. The van der Waals surface area contributed by atoms with Gasteiger partial charge in [0.2, 0.25) is 0 Å². The average Bonchev–Trinajstić information content (AvgIpc) is 2.29. The van der Waals surface area contributed by atoms with Crippen molar-refractivity contribution in [2.75, 3.05) is 33.4 Å². The second kappa shape index (κ2) is 8.39. The van der Waals surface area contributed by atoms with E-state index in [0.29, 0.717) is 0 Å². The molecule has 3 unspecified atom stereocenters. The van der Waals surface area contributed by atoms with Crippen LogP contribution in [0.1, 0.15) is 39.0 Å². The van der Waals surface area contributed by atoms with Gasteiger partial charge in [0.1, 0.15) is 0 Å². The molecule has 1 aliphatic rings. The quantitative estimate of drug-likeness (QED) is 0.756. The van der Waals surface area contributed by atoms with Crippen molar-refractivity contribution in [3.63, 3.8) is 0 Å². The zero-order chi connectivity index (χ0) is 12.7. The molecule has 0 heterocycles. The third-order valence-electron chi connectivity index (χ3n) is 3.84. The van der Waals surface area contributed by atoms with Gasteiger partial charge >= 0.3 is 0 Å². The predicted octanol–water partition coefficient (Wildman–Crippen LogP) is 2.84. The van der Waals surface area contributed by atoms with Crippen LogP contribution in [0.25, 0.3) is 0 Å². The number of rotatable bonds is 7. The van der Waals surface area contributed by atoms with Crippen LogP contribution in [0.2, 0.25) is 0 Å². The molecule has 0 radical (unpaired) electrons. The molecule has 0 spiro atoms. The van der Waals surface area contributed by atoms with E-state index in [9.17, 15) is 0 Å². The fourth-order valence-electron chi connectivity index (χ4n) is 2.78. The molecule has 0 aromatic heterocycles. The Kier molecular flexibility index (Phi) is 7.56. The van der Waals surface area contributed by atoms with Gasteiger partial charge in [-0.3, -0.25) is 0 Å². The van der Waals surface area contributed by atoms with Gasteiger partial charge in [0.05, 0.1) is 0 Å². The van der Waals surface area contributed by atoms with E-state index in [1.165, 1.54) is 44.4 Å². The first-order chi connectivity index (χ1) is 8.17. The molecule has 102 valence electrons. The van der Waals surface area contributed by atoms with E-state index in [2.05, 4.69) is 50.0 Å². The van der Waals surface area contributed by atoms with Gasteiger partial charge in [0.15, 0.2) is 0 Å². The van der Waals surface area contributed by atoms with Gasteiger partial charge in [0.25, 0.3) is 0 Å². The van der Waals surface area contributed by atoms with E-state index in [1.807, 2.05) is 0 Å². The van der Waals surface area contributed by atoms with Gasteiger partial charge in [-0.25, -0.2) is 0 Å². The fraction of sp³-hybridized carbons (Fsp3) is 1.00. The molecule has 1 saturated carbocycles. The molecule has 0 saturated heterocycles. The lowest BCUT2D eigenvalue weighted by molar-refractivity contribution is 0.295. The predicted molar refractivity (Wildman–Crippen MR) is 79.9 cm³/mol. The lowest BCUT2D eigenvalue weighted by atomic mass is 9.83. The van der Waals surface area contributed by atoms with Gasteiger partial charge in [-0.1, -0.05) is 19.8 Å². The van der Waals surface area contributed by atoms with Crippen LogP contribution in [0.5, 0.6) is 0 Å². The van der Waals surface area contributed by atoms with E-state index >= 15 is 0 Å². The molecular formula is C14H30N2S. The van der Waals surface area contributed by atoms with Crippen molar-refractivity contribution < 1.29 is 0 Å². The topological polar surface area (TPSA) is 15.3 Å². The molecule has 0 aromatic carbocycles. The molecule has 1 aliphatic carbocycles. The first kappa shape index (κ1) is 15.3. The summed E-state index contributed by atoms with van der Waals surface area (Å²) in [5.74, 6) is 2.26. The van der Waals surface area contributed by atoms with E-state index < -0.39 is 0 Å². The van der Waals surface area contributed by atoms with E-state index in [0.717, 1.165) is 17.2 Å². The SMILES string of the molecule is CCCC1CCC(NC)C(SCCN(C)C)C1. The first-order valence-electron chi connectivity index (χ1n) is 7.11. The second-order valence-electron chi connectivity index (χ2n) is 5.58. The van der Waals surface area contributed by atoms with Crippen molar-refractivity contribution in [1.29, 1.82) is 0 Å². The maximum atomic E-state index is 3.52. The summed E-state index contributed by atoms with van der Waals surface area (Å²) in [6.45, 7) is 3.52. The largest absolute Gasteiger partial charge is 0.316 e. The summed E-state index contributed by atoms with van der Waals surface area (Å²) in [5, 5.41) is 4.36. The summed E-state index contributed by atoms with van der Waals surface area (Å²) in [6.07, 6.45) is 7.02. The number of nitrogens with one attached hydrogen (secondary N) is 1. The number of thioether (sulfide) groups is 1. The minimum atomic E-state index is 0.746. The highest BCUT2D eigenvalue weighted by atomic mass is 32.2. The molecule has 3 heteroatoms. The molecule has 0 aliphatic heterocycles. The van der Waals surface area contributed by atoms with E-state index in [1.54, 1.807) is 0 Å². The minimum Gasteiger partial charge on any atom is -0.316 e. The smallest absolute Gasteiger partial charge is 0.0204 e. The Morgan fingerprint density at radius 2 is 2.06 bits per heavy atom. The number of hydrogen-bond acceptors (Lipinski definition) is 3.